The number of aromatic nitrogens is 2. The van der Waals surface area contributed by atoms with Crippen molar-refractivity contribution in [2.45, 2.75) is 20.0 Å². The Morgan fingerprint density at radius 3 is 2.43 bits per heavy atom. The highest BCUT2D eigenvalue weighted by atomic mass is 35.5. The van der Waals surface area contributed by atoms with Crippen molar-refractivity contribution in [3.05, 3.63) is 52.8 Å². The number of hydrogen-bond donors (Lipinski definition) is 0. The van der Waals surface area contributed by atoms with Crippen LogP contribution in [0.3, 0.4) is 0 Å². The molecule has 0 unspecified atom stereocenters. The van der Waals surface area contributed by atoms with E-state index in [1.165, 1.54) is 5.56 Å². The van der Waals surface area contributed by atoms with Gasteiger partial charge in [-0.15, -0.1) is 0 Å². The van der Waals surface area contributed by atoms with Crippen LogP contribution in [0.4, 0.5) is 0 Å². The third-order valence-electron chi connectivity index (χ3n) is 4.22. The summed E-state index contributed by atoms with van der Waals surface area (Å²) in [6, 6.07) is 7.93. The first-order valence-electron chi connectivity index (χ1n) is 7.94. The summed E-state index contributed by atoms with van der Waals surface area (Å²) < 4.78 is 1.82. The Hall–Kier alpha value is -1.85. The summed E-state index contributed by atoms with van der Waals surface area (Å²) in [6.07, 6.45) is 4.44. The Bertz CT molecular complexity index is 659. The molecule has 0 N–H and O–H groups in total. The molecule has 1 aliphatic rings. The van der Waals surface area contributed by atoms with Gasteiger partial charge in [0.2, 0.25) is 0 Å². The lowest BCUT2D eigenvalue weighted by atomic mass is 10.1. The van der Waals surface area contributed by atoms with Gasteiger partial charge in [0, 0.05) is 37.9 Å². The van der Waals surface area contributed by atoms with Crippen LogP contribution in [0.25, 0.3) is 0 Å². The van der Waals surface area contributed by atoms with E-state index in [1.807, 2.05) is 40.0 Å². The Labute approximate surface area is 141 Å². The van der Waals surface area contributed by atoms with Gasteiger partial charge in [0.05, 0.1) is 17.9 Å². The fourth-order valence-electron chi connectivity index (χ4n) is 2.78. The Balaban J connectivity index is 1.54. The number of rotatable bonds is 4. The standard InChI is InChI=1S/C17H21ClN4O/c1-2-14-3-5-15(6-4-14)17(23)21-9-7-20(8-10-21)13-22-12-16(18)11-19-22/h3-6,11-12H,2,7-10,13H2,1H3. The topological polar surface area (TPSA) is 41.4 Å². The Morgan fingerprint density at radius 2 is 1.87 bits per heavy atom. The maximum Gasteiger partial charge on any atom is 0.253 e. The van der Waals surface area contributed by atoms with Crippen LogP contribution < -0.4 is 0 Å². The van der Waals surface area contributed by atoms with Gasteiger partial charge in [-0.1, -0.05) is 30.7 Å². The molecule has 0 aliphatic carbocycles. The molecule has 23 heavy (non-hydrogen) atoms. The monoisotopic (exact) mass is 332 g/mol. The summed E-state index contributed by atoms with van der Waals surface area (Å²) >= 11 is 5.88. The predicted molar refractivity (Wildman–Crippen MR) is 90.5 cm³/mol. The molecule has 122 valence electrons. The summed E-state index contributed by atoms with van der Waals surface area (Å²) in [5, 5.41) is 4.84. The third kappa shape index (κ3) is 3.92. The fraction of sp³-hybridized carbons (Fsp3) is 0.412. The summed E-state index contributed by atoms with van der Waals surface area (Å²) in [4.78, 5) is 16.7. The number of amides is 1. The molecule has 1 saturated heterocycles. The number of aryl methyl sites for hydroxylation is 1. The molecule has 2 aromatic rings. The number of piperazine rings is 1. The second-order valence-corrected chi connectivity index (χ2v) is 6.24. The van der Waals surface area contributed by atoms with Crippen LogP contribution in [0.2, 0.25) is 5.02 Å². The van der Waals surface area contributed by atoms with Crippen LogP contribution >= 0.6 is 11.6 Å². The Kier molecular flexibility index (Phi) is 4.98. The Morgan fingerprint density at radius 1 is 1.17 bits per heavy atom. The van der Waals surface area contributed by atoms with Crippen molar-refractivity contribution in [1.29, 1.82) is 0 Å². The van der Waals surface area contributed by atoms with E-state index in [4.69, 9.17) is 11.6 Å². The van der Waals surface area contributed by atoms with Gasteiger partial charge >= 0.3 is 0 Å². The largest absolute Gasteiger partial charge is 0.336 e. The number of carbonyl (C=O) groups excluding carboxylic acids is 1. The average Bonchev–Trinajstić information content (AvgIpc) is 3.00. The molecule has 2 heterocycles. The smallest absolute Gasteiger partial charge is 0.253 e. The highest BCUT2D eigenvalue weighted by Gasteiger charge is 2.22. The molecule has 0 saturated carbocycles. The first-order chi connectivity index (χ1) is 11.2. The average molecular weight is 333 g/mol. The molecule has 1 aliphatic heterocycles. The van der Waals surface area contributed by atoms with E-state index < -0.39 is 0 Å². The van der Waals surface area contributed by atoms with Crippen molar-refractivity contribution < 1.29 is 4.79 Å². The van der Waals surface area contributed by atoms with Gasteiger partial charge in [0.15, 0.2) is 0 Å². The van der Waals surface area contributed by atoms with Crippen molar-refractivity contribution in [3.8, 4) is 0 Å². The van der Waals surface area contributed by atoms with E-state index in [-0.39, 0.29) is 5.91 Å². The summed E-state index contributed by atoms with van der Waals surface area (Å²) in [5.74, 6) is 0.120. The highest BCUT2D eigenvalue weighted by Crippen LogP contribution is 2.12. The third-order valence-corrected chi connectivity index (χ3v) is 4.41. The van der Waals surface area contributed by atoms with Crippen LogP contribution in [0.5, 0.6) is 0 Å². The maximum atomic E-state index is 12.5. The minimum Gasteiger partial charge on any atom is -0.336 e. The number of halogens is 1. The van der Waals surface area contributed by atoms with Gasteiger partial charge < -0.3 is 4.90 Å². The van der Waals surface area contributed by atoms with E-state index >= 15 is 0 Å². The molecule has 1 fully saturated rings. The van der Waals surface area contributed by atoms with Gasteiger partial charge in [-0.25, -0.2) is 0 Å². The summed E-state index contributed by atoms with van der Waals surface area (Å²) in [6.45, 7) is 5.99. The van der Waals surface area contributed by atoms with Gasteiger partial charge in [0.25, 0.3) is 5.91 Å². The van der Waals surface area contributed by atoms with E-state index in [0.29, 0.717) is 11.7 Å². The fourth-order valence-corrected chi connectivity index (χ4v) is 2.93. The van der Waals surface area contributed by atoms with Crippen molar-refractivity contribution >= 4 is 17.5 Å². The van der Waals surface area contributed by atoms with Crippen LogP contribution in [0, 0.1) is 0 Å². The minimum absolute atomic E-state index is 0.120. The van der Waals surface area contributed by atoms with E-state index in [1.54, 1.807) is 6.20 Å². The molecule has 1 aromatic heterocycles. The number of carbonyl (C=O) groups is 1. The quantitative estimate of drug-likeness (QED) is 0.864. The first kappa shape index (κ1) is 16.0. The number of benzene rings is 1. The zero-order valence-corrected chi connectivity index (χ0v) is 14.0. The molecule has 0 bridgehead atoms. The highest BCUT2D eigenvalue weighted by molar-refractivity contribution is 6.30. The van der Waals surface area contributed by atoms with Crippen LogP contribution in [0.15, 0.2) is 36.7 Å². The van der Waals surface area contributed by atoms with Gasteiger partial charge in [-0.05, 0) is 24.1 Å². The lowest BCUT2D eigenvalue weighted by Gasteiger charge is -2.34. The first-order valence-corrected chi connectivity index (χ1v) is 8.32. The summed E-state index contributed by atoms with van der Waals surface area (Å²) in [5.41, 5.74) is 2.03. The van der Waals surface area contributed by atoms with Crippen LogP contribution in [-0.4, -0.2) is 51.7 Å². The van der Waals surface area contributed by atoms with Crippen LogP contribution in [0.1, 0.15) is 22.8 Å². The van der Waals surface area contributed by atoms with E-state index in [2.05, 4.69) is 16.9 Å². The lowest BCUT2D eigenvalue weighted by Crippen LogP contribution is -2.49. The second kappa shape index (κ2) is 7.15. The SMILES string of the molecule is CCc1ccc(C(=O)N2CCN(Cn3cc(Cl)cn3)CC2)cc1. The van der Waals surface area contributed by atoms with Gasteiger partial charge in [-0.3, -0.25) is 14.4 Å². The lowest BCUT2D eigenvalue weighted by molar-refractivity contribution is 0.0586. The molecule has 6 heteroatoms. The molecule has 5 nitrogen and oxygen atoms in total. The summed E-state index contributed by atoms with van der Waals surface area (Å²) in [7, 11) is 0. The molecule has 0 radical (unpaired) electrons. The molecule has 0 spiro atoms. The van der Waals surface area contributed by atoms with Gasteiger partial charge in [0.1, 0.15) is 0 Å². The molecular weight excluding hydrogens is 312 g/mol. The zero-order chi connectivity index (χ0) is 16.2. The van der Waals surface area contributed by atoms with Crippen molar-refractivity contribution in [3.63, 3.8) is 0 Å². The van der Waals surface area contributed by atoms with Crippen molar-refractivity contribution in [1.82, 2.24) is 19.6 Å². The molecule has 1 amide bonds. The number of hydrogen-bond acceptors (Lipinski definition) is 3. The van der Waals surface area contributed by atoms with E-state index in [0.717, 1.165) is 38.2 Å². The molecular formula is C17H21ClN4O. The molecule has 0 atom stereocenters. The molecule has 3 rings (SSSR count). The van der Waals surface area contributed by atoms with Gasteiger partial charge in [-0.2, -0.15) is 5.10 Å². The van der Waals surface area contributed by atoms with Crippen molar-refractivity contribution in [2.75, 3.05) is 26.2 Å². The van der Waals surface area contributed by atoms with E-state index in [9.17, 15) is 4.79 Å². The van der Waals surface area contributed by atoms with Crippen molar-refractivity contribution in [2.24, 2.45) is 0 Å². The molecule has 1 aromatic carbocycles. The predicted octanol–water partition coefficient (Wildman–Crippen LogP) is 2.51. The minimum atomic E-state index is 0.120. The van der Waals surface area contributed by atoms with Crippen LogP contribution in [-0.2, 0) is 13.1 Å². The number of nitrogens with zero attached hydrogens (tertiary/aromatic N) is 4. The normalized spacial score (nSPS) is 15.8. The maximum absolute atomic E-state index is 12.5. The second-order valence-electron chi connectivity index (χ2n) is 5.80. The zero-order valence-electron chi connectivity index (χ0n) is 13.3.